The van der Waals surface area contributed by atoms with Crippen LogP contribution in [0.5, 0.6) is 5.75 Å². The maximum Gasteiger partial charge on any atom is 0.194 e. The first-order chi connectivity index (χ1) is 8.15. The summed E-state index contributed by atoms with van der Waals surface area (Å²) in [5, 5.41) is 0. The highest BCUT2D eigenvalue weighted by Gasteiger charge is 2.23. The molecule has 0 saturated carbocycles. The zero-order valence-electron chi connectivity index (χ0n) is 10.3. The number of hydrogen-bond donors (Lipinski definition) is 0. The van der Waals surface area contributed by atoms with Gasteiger partial charge in [-0.1, -0.05) is 19.4 Å². The maximum atomic E-state index is 13.9. The van der Waals surface area contributed by atoms with Crippen molar-refractivity contribution in [2.24, 2.45) is 0 Å². The number of ether oxygens (including phenoxy) is 2. The van der Waals surface area contributed by atoms with Gasteiger partial charge in [0.15, 0.2) is 17.3 Å². The Morgan fingerprint density at radius 2 is 2.12 bits per heavy atom. The fraction of sp³-hybridized carbons (Fsp3) is 0.462. The lowest BCUT2D eigenvalue weighted by Crippen LogP contribution is -2.24. The summed E-state index contributed by atoms with van der Waals surface area (Å²) in [7, 11) is 2.82. The molecule has 4 heteroatoms. The van der Waals surface area contributed by atoms with Crippen LogP contribution >= 0.6 is 0 Å². The fourth-order valence-corrected chi connectivity index (χ4v) is 1.65. The summed E-state index contributed by atoms with van der Waals surface area (Å²) in [5.41, 5.74) is 0.0182. The third-order valence-corrected chi connectivity index (χ3v) is 2.58. The van der Waals surface area contributed by atoms with Gasteiger partial charge in [-0.15, -0.1) is 0 Å². The summed E-state index contributed by atoms with van der Waals surface area (Å²) in [4.78, 5) is 12.0. The number of halogens is 1. The van der Waals surface area contributed by atoms with E-state index in [1.165, 1.54) is 26.4 Å². The van der Waals surface area contributed by atoms with Crippen LogP contribution < -0.4 is 4.74 Å². The molecule has 0 radical (unpaired) electrons. The molecule has 3 nitrogen and oxygen atoms in total. The van der Waals surface area contributed by atoms with Crippen LogP contribution in [-0.4, -0.2) is 26.1 Å². The van der Waals surface area contributed by atoms with Crippen molar-refractivity contribution in [2.75, 3.05) is 14.2 Å². The average molecular weight is 240 g/mol. The second-order valence-electron chi connectivity index (χ2n) is 3.70. The second-order valence-corrected chi connectivity index (χ2v) is 3.70. The minimum atomic E-state index is -0.627. The Hall–Kier alpha value is -1.42. The first kappa shape index (κ1) is 13.6. The van der Waals surface area contributed by atoms with E-state index >= 15 is 0 Å². The van der Waals surface area contributed by atoms with Crippen LogP contribution in [-0.2, 0) is 4.74 Å². The zero-order chi connectivity index (χ0) is 12.8. The largest absolute Gasteiger partial charge is 0.494 e. The molecule has 0 spiro atoms. The number of hydrogen-bond acceptors (Lipinski definition) is 3. The van der Waals surface area contributed by atoms with Crippen molar-refractivity contribution in [2.45, 2.75) is 25.9 Å². The number of rotatable bonds is 6. The highest BCUT2D eigenvalue weighted by atomic mass is 19.1. The lowest BCUT2D eigenvalue weighted by atomic mass is 10.0. The Bertz CT molecular complexity index is 390. The molecule has 0 aliphatic carbocycles. The van der Waals surface area contributed by atoms with Crippen molar-refractivity contribution in [1.82, 2.24) is 0 Å². The molecule has 0 fully saturated rings. The predicted octanol–water partition coefficient (Wildman–Crippen LogP) is 2.83. The van der Waals surface area contributed by atoms with E-state index in [0.717, 1.165) is 6.42 Å². The van der Waals surface area contributed by atoms with Crippen LogP contribution in [0.25, 0.3) is 0 Å². The zero-order valence-corrected chi connectivity index (χ0v) is 10.3. The Morgan fingerprint density at radius 3 is 2.65 bits per heavy atom. The van der Waals surface area contributed by atoms with Crippen molar-refractivity contribution in [3.63, 3.8) is 0 Å². The van der Waals surface area contributed by atoms with Gasteiger partial charge in [-0.2, -0.15) is 0 Å². The molecule has 0 amide bonds. The number of methoxy groups -OCH3 is 2. The molecule has 1 rings (SSSR count). The van der Waals surface area contributed by atoms with Gasteiger partial charge in [-0.3, -0.25) is 4.79 Å². The Balaban J connectivity index is 3.02. The van der Waals surface area contributed by atoms with E-state index < -0.39 is 11.9 Å². The second kappa shape index (κ2) is 6.35. The monoisotopic (exact) mass is 240 g/mol. The Morgan fingerprint density at radius 1 is 1.41 bits per heavy atom. The van der Waals surface area contributed by atoms with Gasteiger partial charge in [-0.25, -0.2) is 4.39 Å². The molecule has 0 heterocycles. The van der Waals surface area contributed by atoms with E-state index in [1.54, 1.807) is 6.07 Å². The van der Waals surface area contributed by atoms with Crippen LogP contribution in [0, 0.1) is 5.82 Å². The summed E-state index contributed by atoms with van der Waals surface area (Å²) < 4.78 is 23.8. The number of carbonyl (C=O) groups is 1. The lowest BCUT2D eigenvalue weighted by Gasteiger charge is -2.14. The van der Waals surface area contributed by atoms with Gasteiger partial charge in [0, 0.05) is 7.11 Å². The Labute approximate surface area is 101 Å². The van der Waals surface area contributed by atoms with E-state index in [4.69, 9.17) is 9.47 Å². The van der Waals surface area contributed by atoms with Crippen molar-refractivity contribution in [3.8, 4) is 5.75 Å². The maximum absolute atomic E-state index is 13.9. The molecule has 1 aromatic carbocycles. The van der Waals surface area contributed by atoms with Gasteiger partial charge in [-0.05, 0) is 18.6 Å². The third kappa shape index (κ3) is 3.03. The molecule has 0 bridgehead atoms. The fourth-order valence-electron chi connectivity index (χ4n) is 1.65. The van der Waals surface area contributed by atoms with Gasteiger partial charge >= 0.3 is 0 Å². The topological polar surface area (TPSA) is 35.5 Å². The molecule has 17 heavy (non-hydrogen) atoms. The minimum Gasteiger partial charge on any atom is -0.494 e. The molecule has 1 aromatic rings. The highest BCUT2D eigenvalue weighted by Crippen LogP contribution is 2.22. The molecular weight excluding hydrogens is 223 g/mol. The molecular formula is C13H17FO3. The summed E-state index contributed by atoms with van der Waals surface area (Å²) >= 11 is 0. The Kier molecular flexibility index (Phi) is 5.10. The lowest BCUT2D eigenvalue weighted by molar-refractivity contribution is 0.0574. The SMILES string of the molecule is CCCC(OC)C(=O)c1cccc(OC)c1F. The molecule has 0 N–H and O–H groups in total. The quantitative estimate of drug-likeness (QED) is 0.717. The van der Waals surface area contributed by atoms with Crippen molar-refractivity contribution in [3.05, 3.63) is 29.6 Å². The average Bonchev–Trinajstić information content (AvgIpc) is 2.35. The van der Waals surface area contributed by atoms with Crippen LogP contribution in [0.4, 0.5) is 4.39 Å². The highest BCUT2D eigenvalue weighted by molar-refractivity contribution is 6.00. The van der Waals surface area contributed by atoms with Gasteiger partial charge in [0.25, 0.3) is 0 Å². The molecule has 94 valence electrons. The molecule has 0 saturated heterocycles. The predicted molar refractivity (Wildman–Crippen MR) is 63.0 cm³/mol. The van der Waals surface area contributed by atoms with Crippen LogP contribution in [0.2, 0.25) is 0 Å². The van der Waals surface area contributed by atoms with Crippen molar-refractivity contribution >= 4 is 5.78 Å². The van der Waals surface area contributed by atoms with E-state index in [9.17, 15) is 9.18 Å². The molecule has 0 aliphatic rings. The number of Topliss-reactive ketones (excluding diaryl/α,β-unsaturated/α-hetero) is 1. The third-order valence-electron chi connectivity index (χ3n) is 2.58. The summed E-state index contributed by atoms with van der Waals surface area (Å²) in [6.07, 6.45) is 0.781. The van der Waals surface area contributed by atoms with Gasteiger partial charge in [0.05, 0.1) is 12.7 Å². The van der Waals surface area contributed by atoms with E-state index in [-0.39, 0.29) is 17.1 Å². The van der Waals surface area contributed by atoms with Crippen LogP contribution in [0.3, 0.4) is 0 Å². The summed E-state index contributed by atoms with van der Waals surface area (Å²) in [5.74, 6) is -0.897. The number of carbonyl (C=O) groups excluding carboxylic acids is 1. The van der Waals surface area contributed by atoms with Crippen LogP contribution in [0.15, 0.2) is 18.2 Å². The normalized spacial score (nSPS) is 12.2. The molecule has 1 unspecified atom stereocenters. The van der Waals surface area contributed by atoms with Crippen molar-refractivity contribution < 1.29 is 18.7 Å². The smallest absolute Gasteiger partial charge is 0.194 e. The van der Waals surface area contributed by atoms with Gasteiger partial charge < -0.3 is 9.47 Å². The number of ketones is 1. The molecule has 1 atom stereocenters. The molecule has 0 aromatic heterocycles. The first-order valence-electron chi connectivity index (χ1n) is 5.55. The van der Waals surface area contributed by atoms with Gasteiger partial charge in [0.2, 0.25) is 0 Å². The minimum absolute atomic E-state index is 0.0182. The number of benzene rings is 1. The van der Waals surface area contributed by atoms with Gasteiger partial charge in [0.1, 0.15) is 6.10 Å². The van der Waals surface area contributed by atoms with Crippen molar-refractivity contribution in [1.29, 1.82) is 0 Å². The summed E-state index contributed by atoms with van der Waals surface area (Å²) in [6, 6.07) is 4.52. The van der Waals surface area contributed by atoms with E-state index in [0.29, 0.717) is 6.42 Å². The van der Waals surface area contributed by atoms with E-state index in [2.05, 4.69) is 0 Å². The molecule has 0 aliphatic heterocycles. The summed E-state index contributed by atoms with van der Waals surface area (Å²) in [6.45, 7) is 1.95. The van der Waals surface area contributed by atoms with Crippen LogP contribution in [0.1, 0.15) is 30.1 Å². The van der Waals surface area contributed by atoms with E-state index in [1.807, 2.05) is 6.92 Å². The first-order valence-corrected chi connectivity index (χ1v) is 5.55. The standard InChI is InChI=1S/C13H17FO3/c1-4-6-11(17-3)13(15)9-7-5-8-10(16-2)12(9)14/h5,7-8,11H,4,6H2,1-3H3.